The fraction of sp³-hybridized carbons (Fsp3) is 0.182. The smallest absolute Gasteiger partial charge is 0.335 e. The number of nitrogens with zero attached hydrogens (tertiary/aromatic N) is 1. The van der Waals surface area contributed by atoms with Crippen molar-refractivity contribution < 1.29 is 14.4 Å². The van der Waals surface area contributed by atoms with E-state index in [1.54, 1.807) is 12.1 Å². The molecular weight excluding hydrogens is 222 g/mol. The third kappa shape index (κ3) is 1.96. The van der Waals surface area contributed by atoms with Crippen LogP contribution in [0.25, 0.3) is 0 Å². The van der Waals surface area contributed by atoms with E-state index in [0.29, 0.717) is 17.8 Å². The first-order valence-electron chi connectivity index (χ1n) is 5.00. The van der Waals surface area contributed by atoms with Crippen LogP contribution in [0.2, 0.25) is 0 Å². The van der Waals surface area contributed by atoms with Crippen molar-refractivity contribution in [1.29, 1.82) is 0 Å². The normalized spacial score (nSPS) is 13.5. The zero-order chi connectivity index (χ0) is 12.4. The topological polar surface area (TPSA) is 89.4 Å². The molecule has 1 aliphatic heterocycles. The lowest BCUT2D eigenvalue weighted by molar-refractivity contribution is -0.135. The van der Waals surface area contributed by atoms with Crippen LogP contribution in [-0.2, 0) is 20.9 Å². The van der Waals surface area contributed by atoms with Gasteiger partial charge < -0.3 is 10.6 Å². The minimum absolute atomic E-state index is 0.269. The zero-order valence-corrected chi connectivity index (χ0v) is 9.11. The molecule has 0 saturated heterocycles. The number of benzene rings is 1. The number of aryl methyl sites for hydroxylation is 1. The Balaban J connectivity index is 2.45. The number of anilines is 1. The third-order valence-corrected chi connectivity index (χ3v) is 2.53. The average molecular weight is 232 g/mol. The molecule has 1 aromatic carbocycles. The van der Waals surface area contributed by atoms with Gasteiger partial charge in [0.25, 0.3) is 0 Å². The lowest BCUT2D eigenvalue weighted by atomic mass is 10.0. The predicted octanol–water partition coefficient (Wildman–Crippen LogP) is -0.0444. The second kappa shape index (κ2) is 4.25. The minimum Gasteiger partial charge on any atom is -0.355 e. The number of rotatable bonds is 3. The SMILES string of the molecule is Cc1ccc2c(c1CNC=O)[N]C(=O)C(=O)N2. The van der Waals surface area contributed by atoms with Crippen LogP contribution in [0.1, 0.15) is 11.1 Å². The molecule has 0 bridgehead atoms. The van der Waals surface area contributed by atoms with Gasteiger partial charge in [0, 0.05) is 12.1 Å². The predicted molar refractivity (Wildman–Crippen MR) is 59.5 cm³/mol. The molecule has 1 aliphatic rings. The fourth-order valence-corrected chi connectivity index (χ4v) is 1.66. The summed E-state index contributed by atoms with van der Waals surface area (Å²) in [6.07, 6.45) is 0.571. The summed E-state index contributed by atoms with van der Waals surface area (Å²) < 4.78 is 0. The standard InChI is InChI=1S/C11H10N3O3/c1-6-2-3-8-9(7(6)4-12-5-15)14-11(17)10(16)13-8/h2-3,5H,4H2,1H3,(H,12,15)(H,13,16). The first-order chi connectivity index (χ1) is 8.13. The van der Waals surface area contributed by atoms with E-state index in [0.717, 1.165) is 11.1 Å². The van der Waals surface area contributed by atoms with Crippen LogP contribution in [-0.4, -0.2) is 18.2 Å². The van der Waals surface area contributed by atoms with Gasteiger partial charge in [0.1, 0.15) is 0 Å². The van der Waals surface area contributed by atoms with Crippen LogP contribution in [0.5, 0.6) is 0 Å². The number of hydrogen-bond acceptors (Lipinski definition) is 3. The van der Waals surface area contributed by atoms with Crippen LogP contribution in [0.15, 0.2) is 12.1 Å². The molecule has 17 heavy (non-hydrogen) atoms. The van der Waals surface area contributed by atoms with Crippen LogP contribution >= 0.6 is 0 Å². The summed E-state index contributed by atoms with van der Waals surface area (Å²) in [6.45, 7) is 2.11. The van der Waals surface area contributed by atoms with Crippen molar-refractivity contribution in [3.05, 3.63) is 23.3 Å². The molecule has 2 N–H and O–H groups in total. The summed E-state index contributed by atoms with van der Waals surface area (Å²) in [5.74, 6) is -1.56. The van der Waals surface area contributed by atoms with Crippen molar-refractivity contribution in [2.24, 2.45) is 0 Å². The first kappa shape index (κ1) is 11.1. The van der Waals surface area contributed by atoms with Gasteiger partial charge in [-0.2, -0.15) is 0 Å². The van der Waals surface area contributed by atoms with Crippen LogP contribution in [0.4, 0.5) is 11.4 Å². The molecule has 0 spiro atoms. The molecule has 0 aromatic heterocycles. The summed E-state index contributed by atoms with van der Waals surface area (Å²) in [6, 6.07) is 3.48. The monoisotopic (exact) mass is 232 g/mol. The van der Waals surface area contributed by atoms with Gasteiger partial charge in [-0.05, 0) is 18.6 Å². The van der Waals surface area contributed by atoms with Crippen molar-refractivity contribution in [1.82, 2.24) is 10.6 Å². The average Bonchev–Trinajstić information content (AvgIpc) is 2.30. The van der Waals surface area contributed by atoms with Gasteiger partial charge in [0.2, 0.25) is 6.41 Å². The molecule has 6 heteroatoms. The number of nitrogens with one attached hydrogen (secondary N) is 2. The number of hydrogen-bond donors (Lipinski definition) is 2. The second-order valence-corrected chi connectivity index (χ2v) is 3.63. The van der Waals surface area contributed by atoms with Gasteiger partial charge in [-0.3, -0.25) is 14.4 Å². The second-order valence-electron chi connectivity index (χ2n) is 3.63. The van der Waals surface area contributed by atoms with Crippen LogP contribution in [0, 0.1) is 6.92 Å². The largest absolute Gasteiger partial charge is 0.355 e. The van der Waals surface area contributed by atoms with Gasteiger partial charge >= 0.3 is 11.8 Å². The Morgan fingerprint density at radius 2 is 2.18 bits per heavy atom. The number of amides is 3. The maximum Gasteiger partial charge on any atom is 0.335 e. The lowest BCUT2D eigenvalue weighted by Gasteiger charge is -2.19. The van der Waals surface area contributed by atoms with E-state index in [9.17, 15) is 14.4 Å². The first-order valence-corrected chi connectivity index (χ1v) is 5.00. The summed E-state index contributed by atoms with van der Waals surface area (Å²) in [7, 11) is 0. The highest BCUT2D eigenvalue weighted by Crippen LogP contribution is 2.31. The number of fused-ring (bicyclic) bond motifs is 1. The minimum atomic E-state index is -0.824. The molecular formula is C11H10N3O3. The number of carbonyl (C=O) groups is 3. The molecule has 0 saturated carbocycles. The molecule has 3 amide bonds. The molecule has 2 rings (SSSR count). The molecule has 1 radical (unpaired) electrons. The van der Waals surface area contributed by atoms with Gasteiger partial charge in [0.15, 0.2) is 0 Å². The quantitative estimate of drug-likeness (QED) is 0.565. The van der Waals surface area contributed by atoms with Gasteiger partial charge in [0.05, 0.1) is 11.4 Å². The Kier molecular flexibility index (Phi) is 2.78. The van der Waals surface area contributed by atoms with Gasteiger partial charge in [-0.1, -0.05) is 6.07 Å². The summed E-state index contributed by atoms with van der Waals surface area (Å²) in [5, 5.41) is 8.71. The van der Waals surface area contributed by atoms with E-state index in [1.165, 1.54) is 0 Å². The van der Waals surface area contributed by atoms with Gasteiger partial charge in [-0.25, -0.2) is 5.32 Å². The van der Waals surface area contributed by atoms with Crippen molar-refractivity contribution in [3.63, 3.8) is 0 Å². The number of carbonyl (C=O) groups excluding carboxylic acids is 3. The highest BCUT2D eigenvalue weighted by atomic mass is 16.2. The van der Waals surface area contributed by atoms with Crippen LogP contribution in [0.3, 0.4) is 0 Å². The highest BCUT2D eigenvalue weighted by Gasteiger charge is 2.27. The fourth-order valence-electron chi connectivity index (χ4n) is 1.66. The molecule has 0 atom stereocenters. The summed E-state index contributed by atoms with van der Waals surface area (Å²) >= 11 is 0. The maximum absolute atomic E-state index is 11.2. The molecule has 1 heterocycles. The van der Waals surface area contributed by atoms with Crippen LogP contribution < -0.4 is 16.0 Å². The summed E-state index contributed by atoms with van der Waals surface area (Å²) in [5.41, 5.74) is 2.53. The van der Waals surface area contributed by atoms with Crippen molar-refractivity contribution >= 4 is 29.6 Å². The molecule has 87 valence electrons. The Labute approximate surface area is 97.4 Å². The third-order valence-electron chi connectivity index (χ3n) is 2.53. The molecule has 6 nitrogen and oxygen atoms in total. The van der Waals surface area contributed by atoms with E-state index in [4.69, 9.17) is 0 Å². The molecule has 0 aliphatic carbocycles. The maximum atomic E-state index is 11.2. The Morgan fingerprint density at radius 1 is 1.41 bits per heavy atom. The van der Waals surface area contributed by atoms with E-state index < -0.39 is 11.8 Å². The Hall–Kier alpha value is -2.37. The molecule has 0 fully saturated rings. The Bertz CT molecular complexity index is 511. The van der Waals surface area contributed by atoms with Crippen molar-refractivity contribution in [2.45, 2.75) is 13.5 Å². The van der Waals surface area contributed by atoms with E-state index in [2.05, 4.69) is 16.0 Å². The van der Waals surface area contributed by atoms with Crippen molar-refractivity contribution in [3.8, 4) is 0 Å². The zero-order valence-electron chi connectivity index (χ0n) is 9.11. The lowest BCUT2D eigenvalue weighted by Crippen LogP contribution is -2.34. The summed E-state index contributed by atoms with van der Waals surface area (Å²) in [4.78, 5) is 32.7. The molecule has 1 aromatic rings. The van der Waals surface area contributed by atoms with Crippen molar-refractivity contribution in [2.75, 3.05) is 5.32 Å². The Morgan fingerprint density at radius 3 is 2.88 bits per heavy atom. The van der Waals surface area contributed by atoms with Gasteiger partial charge in [-0.15, -0.1) is 0 Å². The van der Waals surface area contributed by atoms with E-state index in [-0.39, 0.29) is 6.54 Å². The van der Waals surface area contributed by atoms with E-state index >= 15 is 0 Å². The highest BCUT2D eigenvalue weighted by molar-refractivity contribution is 6.42. The van der Waals surface area contributed by atoms with E-state index in [1.807, 2.05) is 6.92 Å². The molecule has 0 unspecified atom stereocenters.